The Morgan fingerprint density at radius 1 is 1.30 bits per heavy atom. The standard InChI is InChI=1S/C13H14ClN5O/c1-8-5-10-13(15-6-8)19(12(17-10)3-4-14)7-11-16-9(2)20-18-11/h5-6H,3-4,7H2,1-2H3. The van der Waals surface area contributed by atoms with E-state index in [9.17, 15) is 0 Å². The molecule has 0 aliphatic carbocycles. The van der Waals surface area contributed by atoms with Crippen molar-refractivity contribution in [1.29, 1.82) is 0 Å². The van der Waals surface area contributed by atoms with E-state index in [1.165, 1.54) is 0 Å². The molecular weight excluding hydrogens is 278 g/mol. The van der Waals surface area contributed by atoms with Crippen molar-refractivity contribution in [3.63, 3.8) is 0 Å². The fourth-order valence-electron chi connectivity index (χ4n) is 2.15. The third-order valence-electron chi connectivity index (χ3n) is 2.99. The van der Waals surface area contributed by atoms with E-state index in [4.69, 9.17) is 16.1 Å². The summed E-state index contributed by atoms with van der Waals surface area (Å²) in [7, 11) is 0. The molecule has 0 spiro atoms. The molecule has 0 radical (unpaired) electrons. The lowest BCUT2D eigenvalue weighted by molar-refractivity contribution is 0.386. The predicted molar refractivity (Wildman–Crippen MR) is 74.8 cm³/mol. The summed E-state index contributed by atoms with van der Waals surface area (Å²) in [5.41, 5.74) is 2.76. The summed E-state index contributed by atoms with van der Waals surface area (Å²) in [4.78, 5) is 13.3. The van der Waals surface area contributed by atoms with Gasteiger partial charge in [-0.25, -0.2) is 9.97 Å². The summed E-state index contributed by atoms with van der Waals surface area (Å²) in [6.45, 7) is 4.25. The zero-order valence-corrected chi connectivity index (χ0v) is 12.1. The first-order chi connectivity index (χ1) is 9.67. The lowest BCUT2D eigenvalue weighted by Gasteiger charge is -2.04. The Kier molecular flexibility index (Phi) is 3.40. The molecule has 104 valence electrons. The summed E-state index contributed by atoms with van der Waals surface area (Å²) >= 11 is 5.85. The number of hydrogen-bond acceptors (Lipinski definition) is 5. The van der Waals surface area contributed by atoms with Crippen LogP contribution in [0.15, 0.2) is 16.8 Å². The molecule has 3 aromatic heterocycles. The highest BCUT2D eigenvalue weighted by molar-refractivity contribution is 6.17. The van der Waals surface area contributed by atoms with Gasteiger partial charge in [-0.2, -0.15) is 4.98 Å². The van der Waals surface area contributed by atoms with Crippen molar-refractivity contribution in [2.24, 2.45) is 0 Å². The van der Waals surface area contributed by atoms with Crippen molar-refractivity contribution in [2.45, 2.75) is 26.8 Å². The predicted octanol–water partition coefficient (Wildman–Crippen LogP) is 2.26. The van der Waals surface area contributed by atoms with Crippen LogP contribution in [-0.2, 0) is 13.0 Å². The topological polar surface area (TPSA) is 69.6 Å². The number of aromatic nitrogens is 5. The Balaban J connectivity index is 2.08. The molecule has 6 nitrogen and oxygen atoms in total. The van der Waals surface area contributed by atoms with Crippen molar-refractivity contribution < 1.29 is 4.52 Å². The maximum absolute atomic E-state index is 5.85. The zero-order valence-electron chi connectivity index (χ0n) is 11.3. The molecule has 3 rings (SSSR count). The summed E-state index contributed by atoms with van der Waals surface area (Å²) in [5.74, 6) is 2.55. The molecule has 7 heteroatoms. The first-order valence-corrected chi connectivity index (χ1v) is 6.87. The van der Waals surface area contributed by atoms with Gasteiger partial charge in [0.1, 0.15) is 11.3 Å². The number of rotatable bonds is 4. The van der Waals surface area contributed by atoms with Gasteiger partial charge in [0, 0.05) is 25.4 Å². The van der Waals surface area contributed by atoms with Crippen molar-refractivity contribution in [1.82, 2.24) is 24.7 Å². The Morgan fingerprint density at radius 3 is 2.85 bits per heavy atom. The number of nitrogens with zero attached hydrogens (tertiary/aromatic N) is 5. The van der Waals surface area contributed by atoms with Crippen LogP contribution in [0, 0.1) is 13.8 Å². The van der Waals surface area contributed by atoms with E-state index >= 15 is 0 Å². The summed E-state index contributed by atoms with van der Waals surface area (Å²) < 4.78 is 6.99. The molecule has 20 heavy (non-hydrogen) atoms. The maximum atomic E-state index is 5.85. The molecule has 3 heterocycles. The molecule has 0 aromatic carbocycles. The molecule has 0 unspecified atom stereocenters. The molecule has 0 saturated heterocycles. The first kappa shape index (κ1) is 13.1. The first-order valence-electron chi connectivity index (χ1n) is 6.34. The molecule has 0 saturated carbocycles. The normalized spacial score (nSPS) is 11.3. The van der Waals surface area contributed by atoms with Gasteiger partial charge in [-0.15, -0.1) is 11.6 Å². The van der Waals surface area contributed by atoms with Crippen LogP contribution in [0.25, 0.3) is 11.2 Å². The molecule has 0 bridgehead atoms. The van der Waals surface area contributed by atoms with Crippen LogP contribution < -0.4 is 0 Å². The SMILES string of the molecule is Cc1cnc2c(c1)nc(CCCl)n2Cc1noc(C)n1. The van der Waals surface area contributed by atoms with Crippen LogP contribution in [0.2, 0.25) is 0 Å². The average Bonchev–Trinajstić information content (AvgIpc) is 2.95. The zero-order chi connectivity index (χ0) is 14.1. The number of halogens is 1. The minimum absolute atomic E-state index is 0.482. The van der Waals surface area contributed by atoms with E-state index in [1.807, 2.05) is 23.8 Å². The number of imidazole rings is 1. The lowest BCUT2D eigenvalue weighted by Crippen LogP contribution is -2.08. The van der Waals surface area contributed by atoms with Crippen molar-refractivity contribution >= 4 is 22.8 Å². The molecule has 0 amide bonds. The lowest BCUT2D eigenvalue weighted by atomic mass is 10.3. The monoisotopic (exact) mass is 291 g/mol. The van der Waals surface area contributed by atoms with Crippen molar-refractivity contribution in [2.75, 3.05) is 5.88 Å². The van der Waals surface area contributed by atoms with Crippen LogP contribution in [-0.4, -0.2) is 30.6 Å². The maximum Gasteiger partial charge on any atom is 0.223 e. The van der Waals surface area contributed by atoms with E-state index < -0.39 is 0 Å². The molecule has 0 atom stereocenters. The Hall–Kier alpha value is -1.95. The third-order valence-corrected chi connectivity index (χ3v) is 3.18. The van der Waals surface area contributed by atoms with Crippen LogP contribution in [0.1, 0.15) is 23.1 Å². The quantitative estimate of drug-likeness (QED) is 0.690. The average molecular weight is 292 g/mol. The van der Waals surface area contributed by atoms with Crippen molar-refractivity contribution in [3.8, 4) is 0 Å². The molecule has 3 aromatic rings. The van der Waals surface area contributed by atoms with Crippen LogP contribution in [0.4, 0.5) is 0 Å². The van der Waals surface area contributed by atoms with Gasteiger partial charge in [0.25, 0.3) is 0 Å². The summed E-state index contributed by atoms with van der Waals surface area (Å²) in [6.07, 6.45) is 2.50. The minimum Gasteiger partial charge on any atom is -0.340 e. The fourth-order valence-corrected chi connectivity index (χ4v) is 2.32. The van der Waals surface area contributed by atoms with Gasteiger partial charge in [0.05, 0.1) is 6.54 Å². The summed E-state index contributed by atoms with van der Waals surface area (Å²) in [5, 5.41) is 3.92. The van der Waals surface area contributed by atoms with Gasteiger partial charge < -0.3 is 9.09 Å². The molecule has 0 aliphatic heterocycles. The van der Waals surface area contributed by atoms with Crippen LogP contribution in [0.3, 0.4) is 0 Å². The van der Waals surface area contributed by atoms with E-state index in [1.54, 1.807) is 6.92 Å². The van der Waals surface area contributed by atoms with E-state index in [0.29, 0.717) is 30.6 Å². The van der Waals surface area contributed by atoms with Gasteiger partial charge in [0.15, 0.2) is 11.5 Å². The largest absolute Gasteiger partial charge is 0.340 e. The van der Waals surface area contributed by atoms with Crippen LogP contribution >= 0.6 is 11.6 Å². The van der Waals surface area contributed by atoms with Gasteiger partial charge in [-0.05, 0) is 18.6 Å². The number of alkyl halides is 1. The molecular formula is C13H14ClN5O. The molecule has 0 fully saturated rings. The highest BCUT2D eigenvalue weighted by Crippen LogP contribution is 2.17. The fraction of sp³-hybridized carbons (Fsp3) is 0.385. The second-order valence-corrected chi connectivity index (χ2v) is 5.02. The number of aryl methyl sites for hydroxylation is 3. The Labute approximate surface area is 120 Å². The van der Waals surface area contributed by atoms with Gasteiger partial charge in [-0.3, -0.25) is 0 Å². The van der Waals surface area contributed by atoms with E-state index in [-0.39, 0.29) is 0 Å². The van der Waals surface area contributed by atoms with E-state index in [2.05, 4.69) is 20.1 Å². The van der Waals surface area contributed by atoms with Gasteiger partial charge >= 0.3 is 0 Å². The highest BCUT2D eigenvalue weighted by atomic mass is 35.5. The Bertz CT molecular complexity index is 748. The second-order valence-electron chi connectivity index (χ2n) is 4.64. The van der Waals surface area contributed by atoms with Crippen molar-refractivity contribution in [3.05, 3.63) is 35.4 Å². The smallest absolute Gasteiger partial charge is 0.223 e. The van der Waals surface area contributed by atoms with E-state index in [0.717, 1.165) is 22.6 Å². The Morgan fingerprint density at radius 2 is 2.15 bits per heavy atom. The molecule has 0 aliphatic rings. The molecule has 0 N–H and O–H groups in total. The summed E-state index contributed by atoms with van der Waals surface area (Å²) in [6, 6.07) is 2.01. The van der Waals surface area contributed by atoms with Gasteiger partial charge in [0.2, 0.25) is 5.89 Å². The highest BCUT2D eigenvalue weighted by Gasteiger charge is 2.14. The number of hydrogen-bond donors (Lipinski definition) is 0. The second kappa shape index (κ2) is 5.20. The third kappa shape index (κ3) is 2.38. The minimum atomic E-state index is 0.482. The van der Waals surface area contributed by atoms with Crippen LogP contribution in [0.5, 0.6) is 0 Å². The number of fused-ring (bicyclic) bond motifs is 1. The number of pyridine rings is 1. The van der Waals surface area contributed by atoms with Gasteiger partial charge in [-0.1, -0.05) is 5.16 Å².